The highest BCUT2D eigenvalue weighted by Crippen LogP contribution is 2.10. The molecule has 0 bridgehead atoms. The average molecular weight is 504 g/mol. The Balaban J connectivity index is 2.14. The van der Waals surface area contributed by atoms with Crippen LogP contribution in [-0.4, -0.2) is 23.0 Å². The van der Waals surface area contributed by atoms with Gasteiger partial charge in [-0.15, -0.1) is 0 Å². The summed E-state index contributed by atoms with van der Waals surface area (Å²) >= 11 is 0. The van der Waals surface area contributed by atoms with E-state index < -0.39 is 17.9 Å². The maximum absolute atomic E-state index is 12.0. The summed E-state index contributed by atoms with van der Waals surface area (Å²) in [5, 5.41) is 11.9. The highest BCUT2D eigenvalue weighted by atomic mass is 16.4. The van der Waals surface area contributed by atoms with Gasteiger partial charge in [-0.25, -0.2) is 4.79 Å². The minimum atomic E-state index is -1.06. The Kier molecular flexibility index (Phi) is 19.7. The van der Waals surface area contributed by atoms with Crippen LogP contribution in [0.15, 0.2) is 103 Å². The van der Waals surface area contributed by atoms with Gasteiger partial charge in [-0.3, -0.25) is 4.79 Å². The van der Waals surface area contributed by atoms with Gasteiger partial charge in [0.25, 0.3) is 0 Å². The van der Waals surface area contributed by atoms with Crippen LogP contribution in [0, 0.1) is 0 Å². The van der Waals surface area contributed by atoms with Gasteiger partial charge in [-0.1, -0.05) is 155 Å². The third-order valence-corrected chi connectivity index (χ3v) is 5.76. The molecule has 1 aromatic rings. The van der Waals surface area contributed by atoms with Gasteiger partial charge in [0.1, 0.15) is 6.04 Å². The van der Waals surface area contributed by atoms with Crippen molar-refractivity contribution < 1.29 is 14.7 Å². The second-order valence-electron chi connectivity index (χ2n) is 9.03. The Morgan fingerprint density at radius 2 is 1.24 bits per heavy atom. The SMILES string of the molecule is CCCCCCCCCCC/C=C/C=C/C=C/C=C/C=C/C=C/C(=O)N[C@@H](Cc1ccccc1)C(=O)O. The number of allylic oxidation sites excluding steroid dienone is 11. The fraction of sp³-hybridized carbons (Fsp3) is 0.394. The molecule has 200 valence electrons. The summed E-state index contributed by atoms with van der Waals surface area (Å²) < 4.78 is 0. The van der Waals surface area contributed by atoms with E-state index in [1.807, 2.05) is 72.9 Å². The summed E-state index contributed by atoms with van der Waals surface area (Å²) in [6.45, 7) is 2.26. The van der Waals surface area contributed by atoms with E-state index in [0.29, 0.717) is 0 Å². The van der Waals surface area contributed by atoms with Crippen molar-refractivity contribution in [3.63, 3.8) is 0 Å². The molecule has 37 heavy (non-hydrogen) atoms. The fourth-order valence-corrected chi connectivity index (χ4v) is 3.67. The number of carboxylic acid groups (broad SMARTS) is 1. The second kappa shape index (κ2) is 23.0. The van der Waals surface area contributed by atoms with E-state index in [-0.39, 0.29) is 6.42 Å². The third-order valence-electron chi connectivity index (χ3n) is 5.76. The first kappa shape index (κ1) is 31.6. The summed E-state index contributed by atoms with van der Waals surface area (Å²) in [5.74, 6) is -1.49. The van der Waals surface area contributed by atoms with Crippen LogP contribution in [-0.2, 0) is 16.0 Å². The molecular formula is C33H45NO3. The number of aliphatic carboxylic acids is 1. The van der Waals surface area contributed by atoms with Gasteiger partial charge in [0, 0.05) is 12.5 Å². The largest absolute Gasteiger partial charge is 0.480 e. The average Bonchev–Trinajstić information content (AvgIpc) is 2.89. The summed E-state index contributed by atoms with van der Waals surface area (Å²) in [5.41, 5.74) is 0.859. The second-order valence-corrected chi connectivity index (χ2v) is 9.03. The maximum atomic E-state index is 12.0. The monoisotopic (exact) mass is 503 g/mol. The molecule has 0 saturated carbocycles. The lowest BCUT2D eigenvalue weighted by Gasteiger charge is -2.13. The molecule has 0 radical (unpaired) electrons. The van der Waals surface area contributed by atoms with Crippen molar-refractivity contribution in [2.24, 2.45) is 0 Å². The van der Waals surface area contributed by atoms with Gasteiger partial charge >= 0.3 is 5.97 Å². The van der Waals surface area contributed by atoms with Crippen LogP contribution < -0.4 is 5.32 Å². The molecule has 4 heteroatoms. The smallest absolute Gasteiger partial charge is 0.326 e. The van der Waals surface area contributed by atoms with Crippen molar-refractivity contribution in [1.82, 2.24) is 5.32 Å². The van der Waals surface area contributed by atoms with E-state index in [1.54, 1.807) is 12.2 Å². The molecule has 0 spiro atoms. The third kappa shape index (κ3) is 19.5. The number of rotatable bonds is 20. The first-order valence-corrected chi connectivity index (χ1v) is 13.7. The quantitative estimate of drug-likeness (QED) is 0.107. The Labute approximate surface area is 224 Å². The molecule has 0 aromatic heterocycles. The summed E-state index contributed by atoms with van der Waals surface area (Å²) in [6.07, 6.45) is 36.1. The lowest BCUT2D eigenvalue weighted by molar-refractivity contribution is -0.141. The van der Waals surface area contributed by atoms with Gasteiger partial charge in [-0.05, 0) is 18.4 Å². The predicted molar refractivity (Wildman–Crippen MR) is 156 cm³/mol. The van der Waals surface area contributed by atoms with Crippen LogP contribution in [0.1, 0.15) is 76.7 Å². The Morgan fingerprint density at radius 3 is 1.81 bits per heavy atom. The van der Waals surface area contributed by atoms with Gasteiger partial charge in [0.05, 0.1) is 0 Å². The summed E-state index contributed by atoms with van der Waals surface area (Å²) in [6, 6.07) is 8.27. The van der Waals surface area contributed by atoms with Crippen molar-refractivity contribution in [3.8, 4) is 0 Å². The molecule has 0 heterocycles. The zero-order valence-corrected chi connectivity index (χ0v) is 22.4. The minimum absolute atomic E-state index is 0.240. The molecule has 0 unspecified atom stereocenters. The molecule has 2 N–H and O–H groups in total. The highest BCUT2D eigenvalue weighted by molar-refractivity contribution is 5.91. The number of carboxylic acids is 1. The Hall–Kier alpha value is -3.40. The molecular weight excluding hydrogens is 458 g/mol. The van der Waals surface area contributed by atoms with Crippen molar-refractivity contribution >= 4 is 11.9 Å². The predicted octanol–water partition coefficient (Wildman–Crippen LogP) is 8.06. The lowest BCUT2D eigenvalue weighted by atomic mass is 10.1. The molecule has 1 aromatic carbocycles. The molecule has 4 nitrogen and oxygen atoms in total. The summed E-state index contributed by atoms with van der Waals surface area (Å²) in [7, 11) is 0. The lowest BCUT2D eigenvalue weighted by Crippen LogP contribution is -2.41. The van der Waals surface area contributed by atoms with Crippen LogP contribution in [0.4, 0.5) is 0 Å². The van der Waals surface area contributed by atoms with Crippen molar-refractivity contribution in [3.05, 3.63) is 109 Å². The first-order valence-electron chi connectivity index (χ1n) is 13.7. The number of benzene rings is 1. The number of nitrogens with one attached hydrogen (secondary N) is 1. The summed E-state index contributed by atoms with van der Waals surface area (Å²) in [4.78, 5) is 23.4. The topological polar surface area (TPSA) is 66.4 Å². The van der Waals surface area contributed by atoms with Crippen molar-refractivity contribution in [2.75, 3.05) is 0 Å². The van der Waals surface area contributed by atoms with E-state index >= 15 is 0 Å². The Bertz CT molecular complexity index is 907. The molecule has 0 aliphatic rings. The maximum Gasteiger partial charge on any atom is 0.326 e. The van der Waals surface area contributed by atoms with Gasteiger partial charge < -0.3 is 10.4 Å². The molecule has 0 aliphatic carbocycles. The van der Waals surface area contributed by atoms with E-state index in [9.17, 15) is 14.7 Å². The van der Waals surface area contributed by atoms with Crippen LogP contribution in [0.3, 0.4) is 0 Å². The van der Waals surface area contributed by atoms with E-state index in [1.165, 1.54) is 63.9 Å². The fourth-order valence-electron chi connectivity index (χ4n) is 3.67. The molecule has 0 aliphatic heterocycles. The molecule has 1 rings (SSSR count). The zero-order chi connectivity index (χ0) is 26.8. The molecule has 0 saturated heterocycles. The zero-order valence-electron chi connectivity index (χ0n) is 22.4. The van der Waals surface area contributed by atoms with E-state index in [2.05, 4.69) is 24.4 Å². The van der Waals surface area contributed by atoms with Crippen molar-refractivity contribution in [1.29, 1.82) is 0 Å². The number of hydrogen-bond donors (Lipinski definition) is 2. The van der Waals surface area contributed by atoms with Gasteiger partial charge in [0.15, 0.2) is 0 Å². The number of hydrogen-bond acceptors (Lipinski definition) is 2. The molecule has 0 fully saturated rings. The van der Waals surface area contributed by atoms with Crippen LogP contribution in [0.2, 0.25) is 0 Å². The normalized spacial score (nSPS) is 13.2. The Morgan fingerprint density at radius 1 is 0.730 bits per heavy atom. The molecule has 1 atom stereocenters. The molecule has 1 amide bonds. The minimum Gasteiger partial charge on any atom is -0.480 e. The van der Waals surface area contributed by atoms with Gasteiger partial charge in [-0.2, -0.15) is 0 Å². The number of unbranched alkanes of at least 4 members (excludes halogenated alkanes) is 9. The number of carbonyl (C=O) groups excluding carboxylic acids is 1. The van der Waals surface area contributed by atoms with Gasteiger partial charge in [0.2, 0.25) is 5.91 Å². The first-order chi connectivity index (χ1) is 18.1. The van der Waals surface area contributed by atoms with Crippen LogP contribution in [0.5, 0.6) is 0 Å². The van der Waals surface area contributed by atoms with Crippen LogP contribution >= 0.6 is 0 Å². The van der Waals surface area contributed by atoms with Crippen molar-refractivity contribution in [2.45, 2.75) is 83.6 Å². The standard InChI is InChI=1S/C33H45NO3/c1-2-3-4-5-6-7-8-9-10-11-12-13-14-15-16-17-18-19-20-21-25-28-32(35)34-31(33(36)37)29-30-26-23-22-24-27-30/h12-28,31H,2-11,29H2,1H3,(H,34,35)(H,36,37)/b13-12+,15-14+,17-16+,19-18+,21-20+,28-25+/t31-/m0/s1. The van der Waals surface area contributed by atoms with Crippen LogP contribution in [0.25, 0.3) is 0 Å². The number of amides is 1. The number of carbonyl (C=O) groups is 2. The van der Waals surface area contributed by atoms with E-state index in [0.717, 1.165) is 12.0 Å². The van der Waals surface area contributed by atoms with E-state index in [4.69, 9.17) is 0 Å². The highest BCUT2D eigenvalue weighted by Gasteiger charge is 2.19.